The third-order valence-corrected chi connectivity index (χ3v) is 7.14. The Bertz CT molecular complexity index is 913. The summed E-state index contributed by atoms with van der Waals surface area (Å²) in [5, 5.41) is 0.769. The molecule has 3 aliphatic rings. The normalized spacial score (nSPS) is 32.4. The van der Waals surface area contributed by atoms with Crippen LogP contribution in [-0.4, -0.2) is 11.8 Å². The Kier molecular flexibility index (Phi) is 3.67. The molecule has 2 aromatic rings. The highest BCUT2D eigenvalue weighted by Gasteiger charge is 2.64. The van der Waals surface area contributed by atoms with Crippen LogP contribution in [0.4, 0.5) is 5.69 Å². The van der Waals surface area contributed by atoms with Gasteiger partial charge in [0.2, 0.25) is 11.8 Å². The largest absolute Gasteiger partial charge is 0.274 e. The molecule has 26 heavy (non-hydrogen) atoms. The zero-order valence-electron chi connectivity index (χ0n) is 13.9. The molecule has 2 aliphatic carbocycles. The van der Waals surface area contributed by atoms with E-state index < -0.39 is 0 Å². The molecule has 5 heteroatoms. The lowest BCUT2D eigenvalue weighted by Crippen LogP contribution is -2.32. The summed E-state index contributed by atoms with van der Waals surface area (Å²) in [6.07, 6.45) is 1.96. The summed E-state index contributed by atoms with van der Waals surface area (Å²) >= 11 is 12.1. The minimum absolute atomic E-state index is 0.0719. The van der Waals surface area contributed by atoms with Gasteiger partial charge in [0, 0.05) is 0 Å². The highest BCUT2D eigenvalue weighted by molar-refractivity contribution is 6.42. The topological polar surface area (TPSA) is 37.4 Å². The average molecular weight is 386 g/mol. The van der Waals surface area contributed by atoms with Gasteiger partial charge in [0.05, 0.1) is 27.6 Å². The van der Waals surface area contributed by atoms with Crippen molar-refractivity contribution < 1.29 is 9.59 Å². The molecule has 2 aromatic carbocycles. The number of carbonyl (C=O) groups excluding carboxylic acids is 2. The number of imide groups is 1. The summed E-state index contributed by atoms with van der Waals surface area (Å²) in [5.41, 5.74) is 1.81. The van der Waals surface area contributed by atoms with E-state index in [-0.39, 0.29) is 29.6 Å². The Labute approximate surface area is 161 Å². The highest BCUT2D eigenvalue weighted by atomic mass is 35.5. The minimum Gasteiger partial charge on any atom is -0.274 e. The van der Waals surface area contributed by atoms with Gasteiger partial charge in [-0.1, -0.05) is 53.5 Å². The van der Waals surface area contributed by atoms with Gasteiger partial charge >= 0.3 is 0 Å². The van der Waals surface area contributed by atoms with Crippen LogP contribution in [-0.2, 0) is 9.59 Å². The number of benzene rings is 2. The molecule has 5 unspecified atom stereocenters. The Morgan fingerprint density at radius 3 is 2.31 bits per heavy atom. The zero-order valence-corrected chi connectivity index (χ0v) is 15.5. The summed E-state index contributed by atoms with van der Waals surface area (Å²) < 4.78 is 0. The number of fused-ring (bicyclic) bond motifs is 5. The van der Waals surface area contributed by atoms with E-state index in [9.17, 15) is 9.59 Å². The van der Waals surface area contributed by atoms with Crippen LogP contribution in [0.3, 0.4) is 0 Å². The predicted molar refractivity (Wildman–Crippen MR) is 101 cm³/mol. The molecule has 2 saturated carbocycles. The first-order valence-electron chi connectivity index (χ1n) is 8.94. The van der Waals surface area contributed by atoms with Crippen LogP contribution in [0.25, 0.3) is 0 Å². The van der Waals surface area contributed by atoms with Crippen molar-refractivity contribution in [1.29, 1.82) is 0 Å². The monoisotopic (exact) mass is 385 g/mol. The number of halogens is 2. The van der Waals surface area contributed by atoms with Crippen LogP contribution in [0.5, 0.6) is 0 Å². The Morgan fingerprint density at radius 2 is 1.58 bits per heavy atom. The van der Waals surface area contributed by atoms with E-state index in [1.165, 1.54) is 10.5 Å². The van der Waals surface area contributed by atoms with Crippen molar-refractivity contribution in [2.75, 3.05) is 4.90 Å². The molecule has 5 rings (SSSR count). The summed E-state index contributed by atoms with van der Waals surface area (Å²) in [6.45, 7) is 0. The van der Waals surface area contributed by atoms with Crippen LogP contribution < -0.4 is 4.90 Å². The second-order valence-corrected chi connectivity index (χ2v) is 8.39. The molecule has 0 spiro atoms. The molecule has 3 fully saturated rings. The van der Waals surface area contributed by atoms with Crippen molar-refractivity contribution in [1.82, 2.24) is 0 Å². The Hall–Kier alpha value is -1.84. The van der Waals surface area contributed by atoms with Crippen molar-refractivity contribution in [3.05, 3.63) is 64.1 Å². The van der Waals surface area contributed by atoms with E-state index in [0.29, 0.717) is 27.6 Å². The molecule has 1 heterocycles. The molecule has 0 N–H and O–H groups in total. The van der Waals surface area contributed by atoms with Gasteiger partial charge in [-0.05, 0) is 54.4 Å². The van der Waals surface area contributed by atoms with Crippen LogP contribution in [0.15, 0.2) is 48.5 Å². The number of carbonyl (C=O) groups is 2. The maximum absolute atomic E-state index is 13.2. The van der Waals surface area contributed by atoms with E-state index >= 15 is 0 Å². The third-order valence-electron chi connectivity index (χ3n) is 6.40. The van der Waals surface area contributed by atoms with E-state index in [1.807, 2.05) is 18.2 Å². The lowest BCUT2D eigenvalue weighted by molar-refractivity contribution is -0.123. The number of anilines is 1. The molecular weight excluding hydrogens is 369 g/mol. The molecule has 2 bridgehead atoms. The quantitative estimate of drug-likeness (QED) is 0.687. The fourth-order valence-corrected chi connectivity index (χ4v) is 5.71. The molecule has 0 radical (unpaired) electrons. The molecule has 3 nitrogen and oxygen atoms in total. The number of rotatable bonds is 2. The maximum atomic E-state index is 13.2. The maximum Gasteiger partial charge on any atom is 0.237 e. The van der Waals surface area contributed by atoms with Crippen LogP contribution in [0.1, 0.15) is 24.3 Å². The lowest BCUT2D eigenvalue weighted by Gasteiger charge is -2.28. The number of nitrogens with zero attached hydrogens (tertiary/aromatic N) is 1. The average Bonchev–Trinajstić information content (AvgIpc) is 3.30. The van der Waals surface area contributed by atoms with E-state index in [1.54, 1.807) is 18.2 Å². The molecule has 0 aromatic heterocycles. The lowest BCUT2D eigenvalue weighted by atomic mass is 9.73. The molecule has 2 amide bonds. The van der Waals surface area contributed by atoms with Gasteiger partial charge < -0.3 is 0 Å². The first-order chi connectivity index (χ1) is 12.6. The predicted octanol–water partition coefficient (Wildman–Crippen LogP) is 4.92. The first-order valence-corrected chi connectivity index (χ1v) is 9.69. The number of hydrogen-bond acceptors (Lipinski definition) is 2. The smallest absolute Gasteiger partial charge is 0.237 e. The standard InChI is InChI=1S/C21H17Cl2NO2/c22-16-7-6-13(10-17(16)23)24-20(25)18-12-8-14(11-4-2-1-3-5-11)15(9-12)19(18)21(24)26/h1-7,10,12,14-15,18-19H,8-9H2. The first kappa shape index (κ1) is 16.3. The summed E-state index contributed by atoms with van der Waals surface area (Å²) in [5.74, 6) is 0.371. The van der Waals surface area contributed by atoms with Gasteiger partial charge in [0.25, 0.3) is 0 Å². The van der Waals surface area contributed by atoms with Crippen LogP contribution >= 0.6 is 23.2 Å². The minimum atomic E-state index is -0.207. The molecule has 5 atom stereocenters. The van der Waals surface area contributed by atoms with E-state index in [2.05, 4.69) is 12.1 Å². The van der Waals surface area contributed by atoms with Crippen molar-refractivity contribution in [2.45, 2.75) is 18.8 Å². The molecule has 1 aliphatic heterocycles. The van der Waals surface area contributed by atoms with E-state index in [4.69, 9.17) is 23.2 Å². The summed E-state index contributed by atoms with van der Waals surface area (Å²) in [4.78, 5) is 27.6. The number of amides is 2. The van der Waals surface area contributed by atoms with Crippen molar-refractivity contribution in [3.63, 3.8) is 0 Å². The van der Waals surface area contributed by atoms with Gasteiger partial charge in [-0.25, -0.2) is 4.90 Å². The highest BCUT2D eigenvalue weighted by Crippen LogP contribution is 2.61. The van der Waals surface area contributed by atoms with Gasteiger partial charge in [-0.2, -0.15) is 0 Å². The second-order valence-electron chi connectivity index (χ2n) is 7.57. The van der Waals surface area contributed by atoms with Crippen molar-refractivity contribution >= 4 is 40.7 Å². The van der Waals surface area contributed by atoms with Gasteiger partial charge in [-0.15, -0.1) is 0 Å². The van der Waals surface area contributed by atoms with Crippen molar-refractivity contribution in [3.8, 4) is 0 Å². The zero-order chi connectivity index (χ0) is 18.0. The molecular formula is C21H17Cl2NO2. The molecule has 132 valence electrons. The van der Waals surface area contributed by atoms with Crippen LogP contribution in [0, 0.1) is 23.7 Å². The van der Waals surface area contributed by atoms with Gasteiger partial charge in [0.15, 0.2) is 0 Å². The Balaban J connectivity index is 1.50. The SMILES string of the molecule is O=C1C2C3CC(c4ccccc4)C(C3)C2C(=O)N1c1ccc(Cl)c(Cl)c1. The van der Waals surface area contributed by atoms with Gasteiger partial charge in [-0.3, -0.25) is 9.59 Å². The van der Waals surface area contributed by atoms with E-state index in [0.717, 1.165) is 12.8 Å². The fraction of sp³-hybridized carbons (Fsp3) is 0.333. The second kappa shape index (κ2) is 5.83. The fourth-order valence-electron chi connectivity index (χ4n) is 5.42. The molecule has 1 saturated heterocycles. The van der Waals surface area contributed by atoms with Gasteiger partial charge in [0.1, 0.15) is 0 Å². The third kappa shape index (κ3) is 2.20. The van der Waals surface area contributed by atoms with Crippen molar-refractivity contribution in [2.24, 2.45) is 23.7 Å². The number of hydrogen-bond donors (Lipinski definition) is 0. The Morgan fingerprint density at radius 1 is 0.846 bits per heavy atom. The summed E-state index contributed by atoms with van der Waals surface area (Å²) in [6, 6.07) is 15.3. The van der Waals surface area contributed by atoms with Crippen LogP contribution in [0.2, 0.25) is 10.0 Å². The summed E-state index contributed by atoms with van der Waals surface area (Å²) in [7, 11) is 0.